The lowest BCUT2D eigenvalue weighted by Crippen LogP contribution is -2.02. The van der Waals surface area contributed by atoms with Crippen LogP contribution in [0.15, 0.2) is 42.5 Å². The van der Waals surface area contributed by atoms with Gasteiger partial charge < -0.3 is 0 Å². The van der Waals surface area contributed by atoms with Crippen molar-refractivity contribution in [2.75, 3.05) is 0 Å². The van der Waals surface area contributed by atoms with Gasteiger partial charge in [0.25, 0.3) is 0 Å². The fraction of sp³-hybridized carbons (Fsp3) is 0.333. The van der Waals surface area contributed by atoms with Crippen molar-refractivity contribution < 1.29 is 8.78 Å². The van der Waals surface area contributed by atoms with E-state index in [1.165, 1.54) is 23.8 Å². The topological polar surface area (TPSA) is 0 Å². The van der Waals surface area contributed by atoms with Gasteiger partial charge in [0.2, 0.25) is 0 Å². The van der Waals surface area contributed by atoms with E-state index in [1.54, 1.807) is 0 Å². The summed E-state index contributed by atoms with van der Waals surface area (Å²) < 4.78 is 27.3. The average molecular weight is 309 g/mol. The zero-order chi connectivity index (χ0) is 15.4. The molecule has 2 atom stereocenters. The van der Waals surface area contributed by atoms with Crippen LogP contribution in [0.2, 0.25) is 0 Å². The second-order valence-electron chi connectivity index (χ2n) is 5.35. The Hall–Kier alpha value is -1.41. The Balaban J connectivity index is 2.15. The second kappa shape index (κ2) is 7.04. The van der Waals surface area contributed by atoms with Crippen molar-refractivity contribution in [3.63, 3.8) is 0 Å². The largest absolute Gasteiger partial charge is 0.207 e. The maximum absolute atomic E-state index is 13.6. The molecule has 0 aromatic heterocycles. The summed E-state index contributed by atoms with van der Waals surface area (Å²) in [5.41, 5.74) is 2.18. The molecule has 0 saturated carbocycles. The van der Waals surface area contributed by atoms with Crippen LogP contribution >= 0.6 is 11.6 Å². The molecule has 0 radical (unpaired) electrons. The van der Waals surface area contributed by atoms with Crippen molar-refractivity contribution in [2.45, 2.75) is 38.0 Å². The number of hydrogen-bond acceptors (Lipinski definition) is 0. The second-order valence-corrected chi connectivity index (χ2v) is 5.87. The third-order valence-electron chi connectivity index (χ3n) is 3.92. The zero-order valence-corrected chi connectivity index (χ0v) is 13.0. The van der Waals surface area contributed by atoms with Crippen LogP contribution in [0.4, 0.5) is 8.78 Å². The van der Waals surface area contributed by atoms with Crippen LogP contribution in [0.5, 0.6) is 0 Å². The molecular weight excluding hydrogens is 290 g/mol. The average Bonchev–Trinajstić information content (AvgIpc) is 2.50. The number of hydrogen-bond donors (Lipinski definition) is 0. The predicted octanol–water partition coefficient (Wildman–Crippen LogP) is 6.00. The van der Waals surface area contributed by atoms with Gasteiger partial charge in [-0.25, -0.2) is 8.78 Å². The predicted molar refractivity (Wildman–Crippen MR) is 83.8 cm³/mol. The maximum Gasteiger partial charge on any atom is 0.129 e. The Labute approximate surface area is 129 Å². The number of benzene rings is 2. The molecule has 2 unspecified atom stereocenters. The highest BCUT2D eigenvalue weighted by Gasteiger charge is 2.15. The van der Waals surface area contributed by atoms with Crippen LogP contribution in [-0.4, -0.2) is 0 Å². The van der Waals surface area contributed by atoms with Gasteiger partial charge in [-0.2, -0.15) is 0 Å². The van der Waals surface area contributed by atoms with Gasteiger partial charge >= 0.3 is 0 Å². The standard InChI is InChI=1S/C18H19ClF2/c1-3-12(2)13-7-9-14(10-8-13)16(19)11-15-17(20)5-4-6-18(15)21/h4-10,12,16H,3,11H2,1-2H3. The summed E-state index contributed by atoms with van der Waals surface area (Å²) in [6, 6.07) is 11.8. The van der Waals surface area contributed by atoms with Crippen molar-refractivity contribution in [1.82, 2.24) is 0 Å². The summed E-state index contributed by atoms with van der Waals surface area (Å²) in [7, 11) is 0. The number of rotatable bonds is 5. The number of alkyl halides is 1. The van der Waals surface area contributed by atoms with Crippen LogP contribution in [0.25, 0.3) is 0 Å². The minimum absolute atomic E-state index is 0.0449. The highest BCUT2D eigenvalue weighted by Crippen LogP contribution is 2.29. The van der Waals surface area contributed by atoms with Gasteiger partial charge in [0.15, 0.2) is 0 Å². The molecule has 21 heavy (non-hydrogen) atoms. The molecule has 2 aromatic rings. The van der Waals surface area contributed by atoms with Gasteiger partial charge in [-0.05, 0) is 42.0 Å². The first-order valence-electron chi connectivity index (χ1n) is 7.19. The number of halogens is 3. The Bertz CT molecular complexity index is 572. The van der Waals surface area contributed by atoms with Crippen molar-refractivity contribution in [1.29, 1.82) is 0 Å². The molecule has 3 heteroatoms. The molecule has 112 valence electrons. The summed E-state index contributed by atoms with van der Waals surface area (Å²) in [6.07, 6.45) is 1.22. The van der Waals surface area contributed by atoms with Gasteiger partial charge in [-0.15, -0.1) is 11.6 Å². The minimum atomic E-state index is -0.545. The fourth-order valence-electron chi connectivity index (χ4n) is 2.29. The summed E-state index contributed by atoms with van der Waals surface area (Å²) in [5, 5.41) is -0.442. The molecule has 0 aliphatic heterocycles. The van der Waals surface area contributed by atoms with E-state index in [0.29, 0.717) is 5.92 Å². The lowest BCUT2D eigenvalue weighted by atomic mass is 9.96. The van der Waals surface area contributed by atoms with E-state index in [1.807, 2.05) is 24.3 Å². The van der Waals surface area contributed by atoms with Gasteiger partial charge in [0, 0.05) is 5.56 Å². The van der Waals surface area contributed by atoms with E-state index < -0.39 is 17.0 Å². The van der Waals surface area contributed by atoms with Crippen molar-refractivity contribution in [2.24, 2.45) is 0 Å². The van der Waals surface area contributed by atoms with Crippen LogP contribution in [0.3, 0.4) is 0 Å². The zero-order valence-electron chi connectivity index (χ0n) is 12.2. The highest BCUT2D eigenvalue weighted by atomic mass is 35.5. The summed E-state index contributed by atoms with van der Waals surface area (Å²) in [5.74, 6) is -0.592. The van der Waals surface area contributed by atoms with E-state index in [0.717, 1.165) is 12.0 Å². The lowest BCUT2D eigenvalue weighted by Gasteiger charge is -2.14. The first kappa shape index (κ1) is 16.0. The van der Waals surface area contributed by atoms with Crippen LogP contribution in [-0.2, 0) is 6.42 Å². The first-order chi connectivity index (χ1) is 10.0. The third kappa shape index (κ3) is 3.82. The molecule has 0 N–H and O–H groups in total. The quantitative estimate of drug-likeness (QED) is 0.594. The summed E-state index contributed by atoms with van der Waals surface area (Å²) in [6.45, 7) is 4.31. The van der Waals surface area contributed by atoms with E-state index in [9.17, 15) is 8.78 Å². The smallest absolute Gasteiger partial charge is 0.129 e. The first-order valence-corrected chi connectivity index (χ1v) is 7.63. The minimum Gasteiger partial charge on any atom is -0.207 e. The maximum atomic E-state index is 13.6. The van der Waals surface area contributed by atoms with E-state index in [2.05, 4.69) is 13.8 Å². The van der Waals surface area contributed by atoms with Gasteiger partial charge in [-0.3, -0.25) is 0 Å². The van der Waals surface area contributed by atoms with Crippen LogP contribution in [0.1, 0.15) is 48.3 Å². The van der Waals surface area contributed by atoms with Crippen molar-refractivity contribution in [3.05, 3.63) is 70.8 Å². The van der Waals surface area contributed by atoms with E-state index in [-0.39, 0.29) is 12.0 Å². The fourth-order valence-corrected chi connectivity index (χ4v) is 2.59. The molecule has 0 heterocycles. The van der Waals surface area contributed by atoms with Gasteiger partial charge in [-0.1, -0.05) is 44.2 Å². The van der Waals surface area contributed by atoms with Gasteiger partial charge in [0.05, 0.1) is 5.38 Å². The third-order valence-corrected chi connectivity index (χ3v) is 4.33. The van der Waals surface area contributed by atoms with Crippen LogP contribution < -0.4 is 0 Å². The van der Waals surface area contributed by atoms with E-state index in [4.69, 9.17) is 11.6 Å². The molecule has 0 aliphatic rings. The van der Waals surface area contributed by atoms with Gasteiger partial charge in [0.1, 0.15) is 11.6 Å². The van der Waals surface area contributed by atoms with E-state index >= 15 is 0 Å². The van der Waals surface area contributed by atoms with Crippen molar-refractivity contribution >= 4 is 11.6 Å². The Morgan fingerprint density at radius 1 is 0.952 bits per heavy atom. The Morgan fingerprint density at radius 2 is 1.48 bits per heavy atom. The molecule has 2 aromatic carbocycles. The molecule has 2 rings (SSSR count). The molecule has 0 amide bonds. The lowest BCUT2D eigenvalue weighted by molar-refractivity contribution is 0.553. The molecule has 0 bridgehead atoms. The SMILES string of the molecule is CCC(C)c1ccc(C(Cl)Cc2c(F)cccc2F)cc1. The molecule has 0 spiro atoms. The Morgan fingerprint density at radius 3 is 2.00 bits per heavy atom. The van der Waals surface area contributed by atoms with Crippen molar-refractivity contribution in [3.8, 4) is 0 Å². The molecule has 0 fully saturated rings. The Kier molecular flexibility index (Phi) is 5.35. The normalized spacial score (nSPS) is 14.0. The molecule has 0 nitrogen and oxygen atoms in total. The van der Waals surface area contributed by atoms with Crippen LogP contribution in [0, 0.1) is 11.6 Å². The molecule has 0 aliphatic carbocycles. The summed E-state index contributed by atoms with van der Waals surface area (Å²) >= 11 is 6.32. The monoisotopic (exact) mass is 308 g/mol. The molecule has 0 saturated heterocycles. The molecular formula is C18H19ClF2. The summed E-state index contributed by atoms with van der Waals surface area (Å²) in [4.78, 5) is 0. The highest BCUT2D eigenvalue weighted by molar-refractivity contribution is 6.20.